The molecule has 0 saturated heterocycles. The molecule has 1 unspecified atom stereocenters. The van der Waals surface area contributed by atoms with Crippen molar-refractivity contribution in [3.05, 3.63) is 66.0 Å². The van der Waals surface area contributed by atoms with Crippen LogP contribution >= 0.6 is 0 Å². The van der Waals surface area contributed by atoms with Crippen molar-refractivity contribution in [1.82, 2.24) is 4.98 Å². The number of hydrogen-bond donors (Lipinski definition) is 1. The largest absolute Gasteiger partial charge is 0.369 e. The zero-order valence-electron chi connectivity index (χ0n) is 9.41. The minimum absolute atomic E-state index is 0.314. The Morgan fingerprint density at radius 2 is 1.82 bits per heavy atom. The van der Waals surface area contributed by atoms with Crippen molar-refractivity contribution in [3.63, 3.8) is 0 Å². The molecule has 2 N–H and O–H groups in total. The Morgan fingerprint density at radius 1 is 1.12 bits per heavy atom. The second-order valence-electron chi connectivity index (χ2n) is 3.89. The van der Waals surface area contributed by atoms with Gasteiger partial charge in [0.2, 0.25) is 5.91 Å². The predicted molar refractivity (Wildman–Crippen MR) is 66.3 cm³/mol. The number of primary amides is 1. The van der Waals surface area contributed by atoms with E-state index in [-0.39, 0.29) is 11.8 Å². The van der Waals surface area contributed by atoms with Gasteiger partial charge in [-0.1, -0.05) is 36.4 Å². The van der Waals surface area contributed by atoms with Crippen molar-refractivity contribution in [1.29, 1.82) is 0 Å². The lowest BCUT2D eigenvalue weighted by Gasteiger charge is -2.13. The Labute approximate surface area is 100 Å². The molecule has 2 aromatic rings. The summed E-state index contributed by atoms with van der Waals surface area (Å²) in [5, 5.41) is 0. The molecule has 0 aliphatic carbocycles. The van der Waals surface area contributed by atoms with Crippen LogP contribution in [-0.4, -0.2) is 10.9 Å². The first-order valence-corrected chi connectivity index (χ1v) is 5.51. The fraction of sp³-hybridized carbons (Fsp3) is 0.143. The second-order valence-corrected chi connectivity index (χ2v) is 3.89. The van der Waals surface area contributed by atoms with Gasteiger partial charge >= 0.3 is 0 Å². The van der Waals surface area contributed by atoms with Gasteiger partial charge in [-0.15, -0.1) is 0 Å². The number of benzene rings is 1. The van der Waals surface area contributed by atoms with Crippen molar-refractivity contribution >= 4 is 5.91 Å². The van der Waals surface area contributed by atoms with Gasteiger partial charge in [-0.25, -0.2) is 0 Å². The molecule has 1 amide bonds. The molecule has 2 rings (SSSR count). The van der Waals surface area contributed by atoms with Crippen LogP contribution in [0.1, 0.15) is 17.2 Å². The summed E-state index contributed by atoms with van der Waals surface area (Å²) in [6.07, 6.45) is 2.26. The topological polar surface area (TPSA) is 56.0 Å². The average Bonchev–Trinajstić information content (AvgIpc) is 2.38. The summed E-state index contributed by atoms with van der Waals surface area (Å²) in [6, 6.07) is 15.2. The van der Waals surface area contributed by atoms with Gasteiger partial charge < -0.3 is 5.73 Å². The van der Waals surface area contributed by atoms with Crippen LogP contribution in [0.25, 0.3) is 0 Å². The molecule has 0 aliphatic heterocycles. The van der Waals surface area contributed by atoms with E-state index in [1.54, 1.807) is 6.20 Å². The van der Waals surface area contributed by atoms with Gasteiger partial charge in [0.1, 0.15) is 0 Å². The SMILES string of the molecule is NC(=O)C(Cc1ccccn1)c1ccccc1. The summed E-state index contributed by atoms with van der Waals surface area (Å²) in [5.74, 6) is -0.632. The summed E-state index contributed by atoms with van der Waals surface area (Å²) < 4.78 is 0. The van der Waals surface area contributed by atoms with E-state index in [0.717, 1.165) is 11.3 Å². The number of rotatable bonds is 4. The van der Waals surface area contributed by atoms with Gasteiger partial charge in [-0.05, 0) is 17.7 Å². The number of nitrogens with zero attached hydrogens (tertiary/aromatic N) is 1. The van der Waals surface area contributed by atoms with Crippen LogP contribution in [-0.2, 0) is 11.2 Å². The zero-order chi connectivity index (χ0) is 12.1. The Hall–Kier alpha value is -2.16. The highest BCUT2D eigenvalue weighted by atomic mass is 16.1. The Kier molecular flexibility index (Phi) is 3.50. The lowest BCUT2D eigenvalue weighted by Crippen LogP contribution is -2.23. The van der Waals surface area contributed by atoms with Crippen molar-refractivity contribution < 1.29 is 4.79 Å². The first-order chi connectivity index (χ1) is 8.27. The van der Waals surface area contributed by atoms with E-state index in [1.807, 2.05) is 48.5 Å². The van der Waals surface area contributed by atoms with Crippen LogP contribution in [0.4, 0.5) is 0 Å². The molecule has 3 nitrogen and oxygen atoms in total. The highest BCUT2D eigenvalue weighted by Gasteiger charge is 2.18. The van der Waals surface area contributed by atoms with Gasteiger partial charge in [-0.2, -0.15) is 0 Å². The smallest absolute Gasteiger partial charge is 0.225 e. The molecule has 0 radical (unpaired) electrons. The molecule has 0 aliphatic rings. The van der Waals surface area contributed by atoms with Crippen LogP contribution in [0.5, 0.6) is 0 Å². The summed E-state index contributed by atoms with van der Waals surface area (Å²) in [6.45, 7) is 0. The molecule has 1 atom stereocenters. The number of pyridine rings is 1. The molecule has 0 spiro atoms. The monoisotopic (exact) mass is 226 g/mol. The van der Waals surface area contributed by atoms with Crippen LogP contribution in [0.2, 0.25) is 0 Å². The van der Waals surface area contributed by atoms with E-state index in [2.05, 4.69) is 4.98 Å². The van der Waals surface area contributed by atoms with Gasteiger partial charge in [0.25, 0.3) is 0 Å². The predicted octanol–water partition coefficient (Wildman–Crippen LogP) is 1.89. The summed E-state index contributed by atoms with van der Waals surface area (Å²) in [4.78, 5) is 15.7. The number of aromatic nitrogens is 1. The van der Waals surface area contributed by atoms with Gasteiger partial charge in [0, 0.05) is 18.3 Å². The second kappa shape index (κ2) is 5.25. The van der Waals surface area contributed by atoms with E-state index in [9.17, 15) is 4.79 Å². The molecular weight excluding hydrogens is 212 g/mol. The number of amides is 1. The Morgan fingerprint density at radius 3 is 2.41 bits per heavy atom. The molecule has 17 heavy (non-hydrogen) atoms. The number of nitrogens with two attached hydrogens (primary N) is 1. The molecule has 0 fully saturated rings. The maximum absolute atomic E-state index is 11.5. The lowest BCUT2D eigenvalue weighted by atomic mass is 9.93. The minimum Gasteiger partial charge on any atom is -0.369 e. The molecule has 0 bridgehead atoms. The summed E-state index contributed by atoms with van der Waals surface area (Å²) >= 11 is 0. The Bertz CT molecular complexity index is 482. The first kappa shape index (κ1) is 11.3. The third-order valence-electron chi connectivity index (χ3n) is 2.68. The first-order valence-electron chi connectivity index (χ1n) is 5.51. The standard InChI is InChI=1S/C14H14N2O/c15-14(17)13(11-6-2-1-3-7-11)10-12-8-4-5-9-16-12/h1-9,13H,10H2,(H2,15,17). The Balaban J connectivity index is 2.23. The third kappa shape index (κ3) is 2.91. The van der Waals surface area contributed by atoms with E-state index in [4.69, 9.17) is 5.73 Å². The van der Waals surface area contributed by atoms with Crippen molar-refractivity contribution in [2.75, 3.05) is 0 Å². The normalized spacial score (nSPS) is 12.0. The maximum atomic E-state index is 11.5. The quantitative estimate of drug-likeness (QED) is 0.865. The fourth-order valence-electron chi connectivity index (χ4n) is 1.80. The molecule has 1 heterocycles. The zero-order valence-corrected chi connectivity index (χ0v) is 9.41. The van der Waals surface area contributed by atoms with Gasteiger partial charge in [0.15, 0.2) is 0 Å². The van der Waals surface area contributed by atoms with Gasteiger partial charge in [0.05, 0.1) is 5.92 Å². The number of hydrogen-bond acceptors (Lipinski definition) is 2. The lowest BCUT2D eigenvalue weighted by molar-refractivity contribution is -0.119. The van der Waals surface area contributed by atoms with Crippen molar-refractivity contribution in [3.8, 4) is 0 Å². The van der Waals surface area contributed by atoms with Crippen LogP contribution in [0.3, 0.4) is 0 Å². The molecule has 0 saturated carbocycles. The van der Waals surface area contributed by atoms with Crippen molar-refractivity contribution in [2.45, 2.75) is 12.3 Å². The maximum Gasteiger partial charge on any atom is 0.225 e. The molecule has 3 heteroatoms. The average molecular weight is 226 g/mol. The highest BCUT2D eigenvalue weighted by molar-refractivity contribution is 5.82. The summed E-state index contributed by atoms with van der Waals surface area (Å²) in [7, 11) is 0. The van der Waals surface area contributed by atoms with E-state index in [1.165, 1.54) is 0 Å². The molecule has 1 aromatic carbocycles. The van der Waals surface area contributed by atoms with E-state index >= 15 is 0 Å². The van der Waals surface area contributed by atoms with Crippen LogP contribution < -0.4 is 5.73 Å². The number of carbonyl (C=O) groups is 1. The highest BCUT2D eigenvalue weighted by Crippen LogP contribution is 2.19. The molecule has 1 aromatic heterocycles. The third-order valence-corrected chi connectivity index (χ3v) is 2.68. The molecular formula is C14H14N2O. The van der Waals surface area contributed by atoms with Crippen LogP contribution in [0.15, 0.2) is 54.7 Å². The summed E-state index contributed by atoms with van der Waals surface area (Å²) in [5.41, 5.74) is 7.26. The van der Waals surface area contributed by atoms with Crippen molar-refractivity contribution in [2.24, 2.45) is 5.73 Å². The minimum atomic E-state index is -0.318. The number of carbonyl (C=O) groups excluding carboxylic acids is 1. The van der Waals surface area contributed by atoms with E-state index in [0.29, 0.717) is 6.42 Å². The molecule has 86 valence electrons. The van der Waals surface area contributed by atoms with Gasteiger partial charge in [-0.3, -0.25) is 9.78 Å². The van der Waals surface area contributed by atoms with E-state index < -0.39 is 0 Å². The van der Waals surface area contributed by atoms with Crippen LogP contribution in [0, 0.1) is 0 Å². The fourth-order valence-corrected chi connectivity index (χ4v) is 1.80.